The maximum Gasteiger partial charge on any atom is 0.243 e. The first-order valence-corrected chi connectivity index (χ1v) is 10.9. The maximum atomic E-state index is 13.0. The molecule has 3 aromatic rings. The molecule has 0 unspecified atom stereocenters. The van der Waals surface area contributed by atoms with Crippen molar-refractivity contribution >= 4 is 39.1 Å². The number of hydrogen-bond donors (Lipinski definition) is 2. The van der Waals surface area contributed by atoms with Crippen molar-refractivity contribution in [2.24, 2.45) is 5.92 Å². The minimum Gasteiger partial charge on any atom is -0.489 e. The van der Waals surface area contributed by atoms with Gasteiger partial charge in [0.05, 0.1) is 11.6 Å². The van der Waals surface area contributed by atoms with Crippen molar-refractivity contribution in [2.45, 2.75) is 13.0 Å². The number of amides is 2. The van der Waals surface area contributed by atoms with Gasteiger partial charge in [0.1, 0.15) is 18.2 Å². The molecule has 3 aromatic carbocycles. The summed E-state index contributed by atoms with van der Waals surface area (Å²) in [4.78, 5) is 26.6. The normalized spacial score (nSPS) is 15.5. The molecule has 0 radical (unpaired) electrons. The molecule has 1 aliphatic rings. The Labute approximate surface area is 193 Å². The van der Waals surface area contributed by atoms with Crippen LogP contribution in [0.25, 0.3) is 0 Å². The van der Waals surface area contributed by atoms with Crippen molar-refractivity contribution in [1.29, 1.82) is 0 Å². The van der Waals surface area contributed by atoms with Crippen LogP contribution in [-0.4, -0.2) is 18.4 Å². The van der Waals surface area contributed by atoms with E-state index in [1.807, 2.05) is 24.3 Å². The van der Waals surface area contributed by atoms with E-state index >= 15 is 0 Å². The van der Waals surface area contributed by atoms with Crippen molar-refractivity contribution in [3.05, 3.63) is 88.6 Å². The number of ether oxygens (including phenoxy) is 1. The lowest BCUT2D eigenvalue weighted by atomic mass is 10.1. The van der Waals surface area contributed by atoms with Gasteiger partial charge in [-0.05, 0) is 54.1 Å². The number of benzene rings is 3. The van der Waals surface area contributed by atoms with E-state index in [-0.39, 0.29) is 24.1 Å². The Morgan fingerprint density at radius 2 is 1.84 bits per heavy atom. The zero-order valence-electron chi connectivity index (χ0n) is 17.1. The van der Waals surface area contributed by atoms with Gasteiger partial charge in [-0.2, -0.15) is 0 Å². The van der Waals surface area contributed by atoms with E-state index in [4.69, 9.17) is 4.74 Å². The molecule has 4 rings (SSSR count). The van der Waals surface area contributed by atoms with Gasteiger partial charge in [0, 0.05) is 29.2 Å². The number of carbonyl (C=O) groups excluding carboxylic acids is 2. The van der Waals surface area contributed by atoms with Gasteiger partial charge in [-0.25, -0.2) is 4.39 Å². The fourth-order valence-corrected chi connectivity index (χ4v) is 3.66. The van der Waals surface area contributed by atoms with E-state index < -0.39 is 5.92 Å². The summed E-state index contributed by atoms with van der Waals surface area (Å²) in [5, 5.41) is 0. The fourth-order valence-electron chi connectivity index (χ4n) is 3.40. The third-order valence-electron chi connectivity index (χ3n) is 5.12. The average molecular weight is 498 g/mol. The first-order valence-electron chi connectivity index (χ1n) is 10.1. The Kier molecular flexibility index (Phi) is 6.70. The monoisotopic (exact) mass is 497 g/mol. The Bertz CT molecular complexity index is 1110. The summed E-state index contributed by atoms with van der Waals surface area (Å²) in [6, 6.07) is 20.6. The Hall–Kier alpha value is -3.39. The third kappa shape index (κ3) is 5.45. The van der Waals surface area contributed by atoms with E-state index in [0.717, 1.165) is 15.7 Å². The van der Waals surface area contributed by atoms with Crippen molar-refractivity contribution in [1.82, 2.24) is 5.43 Å². The van der Waals surface area contributed by atoms with Crippen LogP contribution in [-0.2, 0) is 16.2 Å². The molecule has 1 aliphatic heterocycles. The molecule has 1 fully saturated rings. The summed E-state index contributed by atoms with van der Waals surface area (Å²) in [6.07, 6.45) is 0.157. The molecule has 0 saturated carbocycles. The van der Waals surface area contributed by atoms with Crippen LogP contribution in [0.3, 0.4) is 0 Å². The second-order valence-electron chi connectivity index (χ2n) is 7.44. The number of hydrazine groups is 1. The number of carbonyl (C=O) groups is 2. The molecule has 0 aromatic heterocycles. The van der Waals surface area contributed by atoms with Crippen LogP contribution in [0.1, 0.15) is 12.0 Å². The van der Waals surface area contributed by atoms with Gasteiger partial charge < -0.3 is 9.64 Å². The van der Waals surface area contributed by atoms with E-state index in [2.05, 4.69) is 26.8 Å². The smallest absolute Gasteiger partial charge is 0.243 e. The van der Waals surface area contributed by atoms with E-state index in [1.165, 1.54) is 12.1 Å². The van der Waals surface area contributed by atoms with Gasteiger partial charge in [0.25, 0.3) is 0 Å². The first kappa shape index (κ1) is 21.8. The van der Waals surface area contributed by atoms with Crippen LogP contribution in [0, 0.1) is 11.7 Å². The van der Waals surface area contributed by atoms with Crippen LogP contribution >= 0.6 is 15.9 Å². The molecule has 2 amide bonds. The summed E-state index contributed by atoms with van der Waals surface area (Å²) < 4.78 is 19.7. The zero-order valence-corrected chi connectivity index (χ0v) is 18.6. The highest BCUT2D eigenvalue weighted by Gasteiger charge is 2.35. The highest BCUT2D eigenvalue weighted by molar-refractivity contribution is 9.10. The highest BCUT2D eigenvalue weighted by Crippen LogP contribution is 2.26. The molecule has 1 atom stereocenters. The van der Waals surface area contributed by atoms with E-state index in [9.17, 15) is 14.0 Å². The standard InChI is InChI=1S/C24H21BrFN3O3/c25-18-6-10-21(11-7-18)29-14-17(12-23(29)30)24(31)28-27-20-2-1-3-22(13-20)32-15-16-4-8-19(26)9-5-16/h1-11,13,17,27H,12,14-15H2,(H,28,31)/t17-/m1/s1. The summed E-state index contributed by atoms with van der Waals surface area (Å²) in [5.41, 5.74) is 7.82. The van der Waals surface area contributed by atoms with Gasteiger partial charge >= 0.3 is 0 Å². The third-order valence-corrected chi connectivity index (χ3v) is 5.65. The predicted molar refractivity (Wildman–Crippen MR) is 124 cm³/mol. The number of nitrogens with zero attached hydrogens (tertiary/aromatic N) is 1. The highest BCUT2D eigenvalue weighted by atomic mass is 79.9. The zero-order chi connectivity index (χ0) is 22.5. The van der Waals surface area contributed by atoms with Crippen LogP contribution < -0.4 is 20.5 Å². The Balaban J connectivity index is 1.30. The van der Waals surface area contributed by atoms with E-state index in [0.29, 0.717) is 24.6 Å². The molecular weight excluding hydrogens is 477 g/mol. The molecule has 6 nitrogen and oxygen atoms in total. The first-order chi connectivity index (χ1) is 15.5. The maximum absolute atomic E-state index is 13.0. The molecule has 0 spiro atoms. The molecule has 2 N–H and O–H groups in total. The van der Waals surface area contributed by atoms with Gasteiger partial charge in [-0.3, -0.25) is 20.4 Å². The lowest BCUT2D eigenvalue weighted by Gasteiger charge is -2.17. The molecular formula is C24H21BrFN3O3. The van der Waals surface area contributed by atoms with Crippen molar-refractivity contribution < 1.29 is 18.7 Å². The average Bonchev–Trinajstić information content (AvgIpc) is 3.19. The molecule has 1 heterocycles. The van der Waals surface area contributed by atoms with Gasteiger partial charge in [-0.1, -0.05) is 34.1 Å². The quantitative estimate of drug-likeness (QED) is 0.465. The Morgan fingerprint density at radius 3 is 2.59 bits per heavy atom. The molecule has 0 bridgehead atoms. The molecule has 32 heavy (non-hydrogen) atoms. The molecule has 0 aliphatic carbocycles. The summed E-state index contributed by atoms with van der Waals surface area (Å²) in [6.45, 7) is 0.626. The summed E-state index contributed by atoms with van der Waals surface area (Å²) >= 11 is 3.38. The molecule has 164 valence electrons. The second kappa shape index (κ2) is 9.82. The molecule has 1 saturated heterocycles. The van der Waals surface area contributed by atoms with Crippen LogP contribution in [0.4, 0.5) is 15.8 Å². The SMILES string of the molecule is O=C(NNc1cccc(OCc2ccc(F)cc2)c1)[C@@H]1CC(=O)N(c2ccc(Br)cc2)C1. The minimum absolute atomic E-state index is 0.0799. The van der Waals surface area contributed by atoms with Gasteiger partial charge in [0.2, 0.25) is 11.8 Å². The topological polar surface area (TPSA) is 70.7 Å². The van der Waals surface area contributed by atoms with Crippen molar-refractivity contribution in [2.75, 3.05) is 16.9 Å². The fraction of sp³-hybridized carbons (Fsp3) is 0.167. The summed E-state index contributed by atoms with van der Waals surface area (Å²) in [5.74, 6) is -0.471. The number of rotatable bonds is 7. The van der Waals surface area contributed by atoms with Gasteiger partial charge in [-0.15, -0.1) is 0 Å². The number of nitrogens with one attached hydrogen (secondary N) is 2. The largest absolute Gasteiger partial charge is 0.489 e. The predicted octanol–water partition coefficient (Wildman–Crippen LogP) is 4.66. The molecule has 8 heteroatoms. The second-order valence-corrected chi connectivity index (χ2v) is 8.35. The van der Waals surface area contributed by atoms with Crippen LogP contribution in [0.15, 0.2) is 77.3 Å². The van der Waals surface area contributed by atoms with Gasteiger partial charge in [0.15, 0.2) is 0 Å². The van der Waals surface area contributed by atoms with Crippen molar-refractivity contribution in [3.63, 3.8) is 0 Å². The van der Waals surface area contributed by atoms with Crippen LogP contribution in [0.5, 0.6) is 5.75 Å². The number of halogens is 2. The number of hydrogen-bond acceptors (Lipinski definition) is 4. The number of anilines is 2. The lowest BCUT2D eigenvalue weighted by Crippen LogP contribution is -2.36. The Morgan fingerprint density at radius 1 is 1.09 bits per heavy atom. The van der Waals surface area contributed by atoms with Crippen LogP contribution in [0.2, 0.25) is 0 Å². The summed E-state index contributed by atoms with van der Waals surface area (Å²) in [7, 11) is 0. The van der Waals surface area contributed by atoms with E-state index in [1.54, 1.807) is 41.3 Å². The van der Waals surface area contributed by atoms with Crippen molar-refractivity contribution in [3.8, 4) is 5.75 Å². The minimum atomic E-state index is -0.448. The lowest BCUT2D eigenvalue weighted by molar-refractivity contribution is -0.125.